The number of nitrogens with two attached hydrogens (primary N) is 1. The Balaban J connectivity index is 1.72. The molecule has 1 aliphatic heterocycles. The lowest BCUT2D eigenvalue weighted by molar-refractivity contribution is 0.1000. The van der Waals surface area contributed by atoms with Gasteiger partial charge in [-0.15, -0.1) is 0 Å². The molecule has 2 aliphatic rings. The van der Waals surface area contributed by atoms with Crippen molar-refractivity contribution in [1.29, 1.82) is 0 Å². The molecule has 2 fully saturated rings. The van der Waals surface area contributed by atoms with Crippen molar-refractivity contribution in [3.8, 4) is 0 Å². The van der Waals surface area contributed by atoms with Crippen molar-refractivity contribution in [1.82, 2.24) is 0 Å². The first-order valence-electron chi connectivity index (χ1n) is 5.90. The molecule has 0 aromatic rings. The van der Waals surface area contributed by atoms with Crippen LogP contribution in [-0.2, 0) is 4.74 Å². The van der Waals surface area contributed by atoms with E-state index in [-0.39, 0.29) is 0 Å². The van der Waals surface area contributed by atoms with E-state index in [1.807, 2.05) is 11.8 Å². The molecule has 3 N–H and O–H groups in total. The molecule has 5 heteroatoms. The van der Waals surface area contributed by atoms with Crippen molar-refractivity contribution in [2.24, 2.45) is 16.3 Å². The third-order valence-corrected chi connectivity index (χ3v) is 5.16. The van der Waals surface area contributed by atoms with Crippen molar-refractivity contribution < 1.29 is 9.94 Å². The van der Waals surface area contributed by atoms with E-state index < -0.39 is 0 Å². The Morgan fingerprint density at radius 1 is 1.44 bits per heavy atom. The van der Waals surface area contributed by atoms with Crippen molar-refractivity contribution in [3.05, 3.63) is 0 Å². The van der Waals surface area contributed by atoms with Crippen molar-refractivity contribution in [2.75, 3.05) is 19.0 Å². The summed E-state index contributed by atoms with van der Waals surface area (Å²) in [6.45, 7) is 1.82. The molecule has 0 amide bonds. The van der Waals surface area contributed by atoms with Gasteiger partial charge in [-0.25, -0.2) is 0 Å². The van der Waals surface area contributed by atoms with Gasteiger partial charge in [0.25, 0.3) is 0 Å². The Morgan fingerprint density at radius 2 is 2.12 bits per heavy atom. The summed E-state index contributed by atoms with van der Waals surface area (Å²) in [5, 5.41) is 12.4. The van der Waals surface area contributed by atoms with Crippen LogP contribution < -0.4 is 5.73 Å². The summed E-state index contributed by atoms with van der Waals surface area (Å²) in [4.78, 5) is 0. The molecule has 1 aliphatic carbocycles. The van der Waals surface area contributed by atoms with Crippen molar-refractivity contribution in [2.45, 2.75) is 37.4 Å². The maximum absolute atomic E-state index is 8.58. The number of oxime groups is 1. The summed E-state index contributed by atoms with van der Waals surface area (Å²) in [5.41, 5.74) is 5.91. The second-order valence-electron chi connectivity index (χ2n) is 4.89. The minimum absolute atomic E-state index is 0.333. The van der Waals surface area contributed by atoms with Crippen LogP contribution >= 0.6 is 11.8 Å². The number of ether oxygens (including phenoxy) is 1. The van der Waals surface area contributed by atoms with E-state index in [1.165, 1.54) is 25.7 Å². The molecular formula is C11H20N2O2S. The first kappa shape index (κ1) is 12.0. The highest BCUT2D eigenvalue weighted by Gasteiger charge is 2.43. The molecule has 0 aromatic carbocycles. The van der Waals surface area contributed by atoms with Gasteiger partial charge in [-0.2, -0.15) is 11.8 Å². The average Bonchev–Trinajstić information content (AvgIpc) is 3.08. The van der Waals surface area contributed by atoms with Gasteiger partial charge in [-0.3, -0.25) is 0 Å². The number of hydrogen-bond acceptors (Lipinski definition) is 4. The monoisotopic (exact) mass is 244 g/mol. The molecule has 0 radical (unpaired) electrons. The van der Waals surface area contributed by atoms with E-state index in [1.54, 1.807) is 0 Å². The van der Waals surface area contributed by atoms with Gasteiger partial charge in [0, 0.05) is 24.9 Å². The van der Waals surface area contributed by atoms with E-state index >= 15 is 0 Å². The summed E-state index contributed by atoms with van der Waals surface area (Å²) < 4.78 is 5.34. The van der Waals surface area contributed by atoms with Crippen LogP contribution in [0.3, 0.4) is 0 Å². The van der Waals surface area contributed by atoms with Gasteiger partial charge < -0.3 is 15.7 Å². The Morgan fingerprint density at radius 3 is 2.69 bits per heavy atom. The molecule has 4 nitrogen and oxygen atoms in total. The van der Waals surface area contributed by atoms with Gasteiger partial charge in [0.2, 0.25) is 0 Å². The highest BCUT2D eigenvalue weighted by atomic mass is 32.2. The van der Waals surface area contributed by atoms with Gasteiger partial charge in [0.05, 0.1) is 0 Å². The lowest BCUT2D eigenvalue weighted by atomic mass is 10.1. The third kappa shape index (κ3) is 3.28. The molecule has 16 heavy (non-hydrogen) atoms. The van der Waals surface area contributed by atoms with E-state index in [9.17, 15) is 0 Å². The fourth-order valence-corrected chi connectivity index (χ4v) is 3.61. The number of thioether (sulfide) groups is 1. The molecule has 1 saturated heterocycles. The van der Waals surface area contributed by atoms with Crippen LogP contribution in [0, 0.1) is 5.41 Å². The Hall–Kier alpha value is -0.420. The fraction of sp³-hybridized carbons (Fsp3) is 0.909. The molecule has 92 valence electrons. The summed E-state index contributed by atoms with van der Waals surface area (Å²) >= 11 is 2.05. The molecule has 0 aromatic heterocycles. The maximum Gasteiger partial charge on any atom is 0.139 e. The first-order chi connectivity index (χ1) is 7.74. The van der Waals surface area contributed by atoms with Gasteiger partial charge in [-0.1, -0.05) is 5.16 Å². The molecule has 0 atom stereocenters. The maximum atomic E-state index is 8.58. The predicted octanol–water partition coefficient (Wildman–Crippen LogP) is 1.82. The number of rotatable bonds is 5. The second kappa shape index (κ2) is 5.27. The summed E-state index contributed by atoms with van der Waals surface area (Å²) in [6, 6.07) is 0. The molecule has 2 rings (SSSR count). The van der Waals surface area contributed by atoms with E-state index in [2.05, 4.69) is 5.16 Å². The normalized spacial score (nSPS) is 25.6. The molecular weight excluding hydrogens is 224 g/mol. The van der Waals surface area contributed by atoms with Crippen molar-refractivity contribution >= 4 is 17.6 Å². The lowest BCUT2D eigenvalue weighted by Gasteiger charge is -2.23. The standard InChI is InChI=1S/C11H20N2O2S/c12-10(13-14)7-11(3-4-11)8-16-9-1-5-15-6-2-9/h9,14H,1-8H2,(H2,12,13). The van der Waals surface area contributed by atoms with Crippen LogP contribution in [0.4, 0.5) is 0 Å². The van der Waals surface area contributed by atoms with Gasteiger partial charge in [0.1, 0.15) is 5.84 Å². The van der Waals surface area contributed by atoms with Crippen LogP contribution in [0.15, 0.2) is 5.16 Å². The topological polar surface area (TPSA) is 67.8 Å². The van der Waals surface area contributed by atoms with Crippen molar-refractivity contribution in [3.63, 3.8) is 0 Å². The van der Waals surface area contributed by atoms with E-state index in [0.29, 0.717) is 11.3 Å². The summed E-state index contributed by atoms with van der Waals surface area (Å²) in [6.07, 6.45) is 5.53. The Kier molecular flexibility index (Phi) is 3.97. The zero-order chi connectivity index (χ0) is 11.4. The quantitative estimate of drug-likeness (QED) is 0.335. The van der Waals surface area contributed by atoms with E-state index in [4.69, 9.17) is 15.7 Å². The highest BCUT2D eigenvalue weighted by molar-refractivity contribution is 7.99. The molecule has 0 bridgehead atoms. The lowest BCUT2D eigenvalue weighted by Crippen LogP contribution is -2.22. The number of nitrogens with zero attached hydrogens (tertiary/aromatic N) is 1. The van der Waals surface area contributed by atoms with Crippen LogP contribution in [0.1, 0.15) is 32.1 Å². The third-order valence-electron chi connectivity index (χ3n) is 3.44. The summed E-state index contributed by atoms with van der Waals surface area (Å²) in [5.74, 6) is 1.53. The van der Waals surface area contributed by atoms with Gasteiger partial charge in [0.15, 0.2) is 0 Å². The Labute approximate surface area is 101 Å². The predicted molar refractivity (Wildman–Crippen MR) is 66.0 cm³/mol. The van der Waals surface area contributed by atoms with E-state index in [0.717, 1.165) is 30.6 Å². The minimum atomic E-state index is 0.333. The zero-order valence-corrected chi connectivity index (χ0v) is 10.3. The molecule has 0 spiro atoms. The summed E-state index contributed by atoms with van der Waals surface area (Å²) in [7, 11) is 0. The van der Waals surface area contributed by atoms with Crippen LogP contribution in [0.2, 0.25) is 0 Å². The van der Waals surface area contributed by atoms with Crippen LogP contribution in [0.25, 0.3) is 0 Å². The van der Waals surface area contributed by atoms with Crippen LogP contribution in [0.5, 0.6) is 0 Å². The number of hydrogen-bond donors (Lipinski definition) is 2. The number of amidine groups is 1. The second-order valence-corrected chi connectivity index (χ2v) is 6.18. The minimum Gasteiger partial charge on any atom is -0.409 e. The SMILES string of the molecule is NC(CC1(CSC2CCOCC2)CC1)=NO. The zero-order valence-electron chi connectivity index (χ0n) is 9.52. The smallest absolute Gasteiger partial charge is 0.139 e. The van der Waals surface area contributed by atoms with Gasteiger partial charge in [-0.05, 0) is 36.9 Å². The molecule has 1 saturated carbocycles. The molecule has 0 unspecified atom stereocenters. The molecule has 1 heterocycles. The first-order valence-corrected chi connectivity index (χ1v) is 6.95. The van der Waals surface area contributed by atoms with Crippen LogP contribution in [-0.4, -0.2) is 35.3 Å². The highest BCUT2D eigenvalue weighted by Crippen LogP contribution is 2.51. The Bertz CT molecular complexity index is 261. The van der Waals surface area contributed by atoms with Gasteiger partial charge >= 0.3 is 0 Å². The largest absolute Gasteiger partial charge is 0.409 e. The average molecular weight is 244 g/mol. The fourth-order valence-electron chi connectivity index (χ4n) is 2.11.